The first-order valence-corrected chi connectivity index (χ1v) is 10.2. The number of allylic oxidation sites excluding steroid dienone is 1. The molecule has 0 bridgehead atoms. The average Bonchev–Trinajstić information content (AvgIpc) is 2.83. The van der Waals surface area contributed by atoms with Gasteiger partial charge < -0.3 is 15.2 Å². The zero-order valence-electron chi connectivity index (χ0n) is 17.7. The maximum Gasteiger partial charge on any atom is 0.355 e. The lowest BCUT2D eigenvalue weighted by atomic mass is 9.81. The third-order valence-electron chi connectivity index (χ3n) is 5.05. The minimum absolute atomic E-state index is 0.107. The van der Waals surface area contributed by atoms with Gasteiger partial charge in [0.25, 0.3) is 5.69 Å². The van der Waals surface area contributed by atoms with Crippen LogP contribution in [0.4, 0.5) is 11.4 Å². The normalized spacial score (nSPS) is 15.6. The number of nitriles is 1. The topological polar surface area (TPSA) is 149 Å². The van der Waals surface area contributed by atoms with Crippen LogP contribution in [0.3, 0.4) is 0 Å². The molecule has 0 saturated carbocycles. The number of nitrogens with two attached hydrogens (primary N) is 1. The Bertz CT molecular complexity index is 1280. The van der Waals surface area contributed by atoms with Gasteiger partial charge in [0.1, 0.15) is 11.5 Å². The van der Waals surface area contributed by atoms with Crippen LogP contribution in [-0.2, 0) is 19.1 Å². The second-order valence-corrected chi connectivity index (χ2v) is 7.66. The van der Waals surface area contributed by atoms with E-state index in [1.54, 1.807) is 30.3 Å². The predicted octanol–water partition coefficient (Wildman–Crippen LogP) is 3.80. The Labute approximate surface area is 203 Å². The van der Waals surface area contributed by atoms with Crippen molar-refractivity contribution in [1.29, 1.82) is 5.26 Å². The summed E-state index contributed by atoms with van der Waals surface area (Å²) < 4.78 is 9.84. The van der Waals surface area contributed by atoms with Crippen LogP contribution < -0.4 is 10.6 Å². The first-order valence-electron chi connectivity index (χ1n) is 9.46. The van der Waals surface area contributed by atoms with Crippen LogP contribution in [0.5, 0.6) is 0 Å². The van der Waals surface area contributed by atoms with Gasteiger partial charge in [0.2, 0.25) is 0 Å². The average molecular weight is 503 g/mol. The molecule has 3 rings (SSSR count). The van der Waals surface area contributed by atoms with Crippen LogP contribution in [0, 0.1) is 21.4 Å². The Balaban J connectivity index is 2.47. The van der Waals surface area contributed by atoms with E-state index >= 15 is 0 Å². The number of methoxy groups -OCH3 is 2. The first-order chi connectivity index (χ1) is 16.2. The summed E-state index contributed by atoms with van der Waals surface area (Å²) in [6.45, 7) is 0. The quantitative estimate of drug-likeness (QED) is 0.365. The Morgan fingerprint density at radius 1 is 1.12 bits per heavy atom. The van der Waals surface area contributed by atoms with Gasteiger partial charge in [-0.3, -0.25) is 15.0 Å². The van der Waals surface area contributed by atoms with Gasteiger partial charge in [0.05, 0.1) is 58.0 Å². The van der Waals surface area contributed by atoms with Crippen molar-refractivity contribution in [1.82, 2.24) is 0 Å². The van der Waals surface area contributed by atoms with Gasteiger partial charge in [-0.15, -0.1) is 0 Å². The number of esters is 2. The van der Waals surface area contributed by atoms with E-state index in [1.807, 2.05) is 6.07 Å². The van der Waals surface area contributed by atoms with Gasteiger partial charge in [-0.1, -0.05) is 53.5 Å². The number of nitro benzene ring substituents is 1. The summed E-state index contributed by atoms with van der Waals surface area (Å²) in [5.41, 5.74) is 5.49. The van der Waals surface area contributed by atoms with Crippen molar-refractivity contribution in [2.24, 2.45) is 5.73 Å². The van der Waals surface area contributed by atoms with E-state index < -0.39 is 34.2 Å². The summed E-state index contributed by atoms with van der Waals surface area (Å²) in [5, 5.41) is 20.7. The molecule has 12 heteroatoms. The lowest BCUT2D eigenvalue weighted by Gasteiger charge is -2.36. The first kappa shape index (κ1) is 24.6. The highest BCUT2D eigenvalue weighted by atomic mass is 35.5. The molecule has 0 radical (unpaired) electrons. The molecule has 34 heavy (non-hydrogen) atoms. The van der Waals surface area contributed by atoms with Crippen molar-refractivity contribution in [3.63, 3.8) is 0 Å². The van der Waals surface area contributed by atoms with Crippen LogP contribution in [0.15, 0.2) is 65.1 Å². The molecule has 2 aromatic carbocycles. The van der Waals surface area contributed by atoms with E-state index in [1.165, 1.54) is 0 Å². The number of anilines is 1. The number of hydrogen-bond donors (Lipinski definition) is 1. The number of carbonyl (C=O) groups is 2. The molecule has 10 nitrogen and oxygen atoms in total. The van der Waals surface area contributed by atoms with Gasteiger partial charge >= 0.3 is 11.9 Å². The number of carbonyl (C=O) groups excluding carboxylic acids is 2. The van der Waals surface area contributed by atoms with Gasteiger partial charge in [-0.05, 0) is 5.56 Å². The van der Waals surface area contributed by atoms with Crippen molar-refractivity contribution >= 4 is 46.5 Å². The molecule has 0 amide bonds. The molecule has 2 aromatic rings. The lowest BCUT2D eigenvalue weighted by Crippen LogP contribution is -2.41. The Kier molecular flexibility index (Phi) is 7.10. The van der Waals surface area contributed by atoms with Gasteiger partial charge in [-0.25, -0.2) is 9.59 Å². The minimum atomic E-state index is -1.08. The van der Waals surface area contributed by atoms with Crippen molar-refractivity contribution in [3.8, 4) is 6.07 Å². The van der Waals surface area contributed by atoms with E-state index in [2.05, 4.69) is 0 Å². The molecule has 0 fully saturated rings. The SMILES string of the molecule is COC(=O)C1=C(C(=O)OC)N(c2c(Cl)cc([N+](=O)[O-])cc2Cl)C(N)=C(C#N)C1c1ccccc1. The lowest BCUT2D eigenvalue weighted by molar-refractivity contribution is -0.384. The number of benzene rings is 2. The molecule has 0 spiro atoms. The summed E-state index contributed by atoms with van der Waals surface area (Å²) in [6, 6.07) is 12.4. The van der Waals surface area contributed by atoms with Crippen molar-refractivity contribution in [2.45, 2.75) is 5.92 Å². The second kappa shape index (κ2) is 9.82. The highest BCUT2D eigenvalue weighted by Gasteiger charge is 2.44. The molecule has 1 heterocycles. The fourth-order valence-electron chi connectivity index (χ4n) is 3.62. The number of hydrogen-bond acceptors (Lipinski definition) is 9. The third kappa shape index (κ3) is 4.14. The summed E-state index contributed by atoms with van der Waals surface area (Å²) in [4.78, 5) is 37.5. The van der Waals surface area contributed by atoms with E-state index in [0.29, 0.717) is 5.56 Å². The van der Waals surface area contributed by atoms with Crippen molar-refractivity contribution in [2.75, 3.05) is 19.1 Å². The van der Waals surface area contributed by atoms with Crippen molar-refractivity contribution in [3.05, 3.63) is 90.9 Å². The molecule has 0 saturated heterocycles. The fraction of sp³-hybridized carbons (Fsp3) is 0.136. The molecular weight excluding hydrogens is 487 g/mol. The van der Waals surface area contributed by atoms with Crippen LogP contribution in [0.25, 0.3) is 0 Å². The smallest absolute Gasteiger partial charge is 0.355 e. The van der Waals surface area contributed by atoms with Crippen LogP contribution >= 0.6 is 23.2 Å². The third-order valence-corrected chi connectivity index (χ3v) is 5.62. The van der Waals surface area contributed by atoms with Crippen LogP contribution in [0.1, 0.15) is 11.5 Å². The van der Waals surface area contributed by atoms with E-state index in [9.17, 15) is 25.0 Å². The Morgan fingerprint density at radius 3 is 2.15 bits per heavy atom. The number of non-ortho nitro benzene ring substituents is 1. The summed E-state index contributed by atoms with van der Waals surface area (Å²) in [7, 11) is 2.19. The van der Waals surface area contributed by atoms with E-state index in [0.717, 1.165) is 31.3 Å². The van der Waals surface area contributed by atoms with E-state index in [-0.39, 0.29) is 32.7 Å². The Hall–Kier alpha value is -4.07. The highest BCUT2D eigenvalue weighted by molar-refractivity contribution is 6.40. The number of ether oxygens (including phenoxy) is 2. The molecular formula is C22H16Cl2N4O6. The second-order valence-electron chi connectivity index (χ2n) is 6.85. The highest BCUT2D eigenvalue weighted by Crippen LogP contribution is 2.47. The fourth-order valence-corrected chi connectivity index (χ4v) is 4.26. The van der Waals surface area contributed by atoms with Gasteiger partial charge in [0.15, 0.2) is 0 Å². The number of halogens is 2. The summed E-state index contributed by atoms with van der Waals surface area (Å²) in [5.74, 6) is -3.30. The molecule has 174 valence electrons. The molecule has 0 aliphatic carbocycles. The van der Waals surface area contributed by atoms with Gasteiger partial charge in [0, 0.05) is 12.1 Å². The molecule has 0 aromatic heterocycles. The zero-order chi connectivity index (χ0) is 25.2. The molecule has 1 unspecified atom stereocenters. The summed E-state index contributed by atoms with van der Waals surface area (Å²) >= 11 is 12.6. The molecule has 1 aliphatic heterocycles. The number of rotatable bonds is 5. The largest absolute Gasteiger partial charge is 0.466 e. The molecule has 1 aliphatic rings. The Morgan fingerprint density at radius 2 is 1.68 bits per heavy atom. The number of nitrogens with zero attached hydrogens (tertiary/aromatic N) is 3. The minimum Gasteiger partial charge on any atom is -0.466 e. The molecule has 1 atom stereocenters. The standard InChI is InChI=1S/C22H16Cl2N4O6/c1-33-21(29)17-16(11-6-4-3-5-7-11)13(10-25)20(26)27(19(17)22(30)34-2)18-14(23)8-12(28(31)32)9-15(18)24/h3-9,16H,26H2,1-2H3. The predicted molar refractivity (Wildman–Crippen MR) is 123 cm³/mol. The maximum atomic E-state index is 13.0. The number of nitro groups is 1. The maximum absolute atomic E-state index is 13.0. The monoisotopic (exact) mass is 502 g/mol. The van der Waals surface area contributed by atoms with E-state index in [4.69, 9.17) is 38.4 Å². The van der Waals surface area contributed by atoms with Gasteiger partial charge in [-0.2, -0.15) is 5.26 Å². The van der Waals surface area contributed by atoms with Crippen LogP contribution in [0.2, 0.25) is 10.0 Å². The zero-order valence-corrected chi connectivity index (χ0v) is 19.3. The van der Waals surface area contributed by atoms with Crippen LogP contribution in [-0.4, -0.2) is 31.1 Å². The summed E-state index contributed by atoms with van der Waals surface area (Å²) in [6.07, 6.45) is 0. The van der Waals surface area contributed by atoms with Crippen molar-refractivity contribution < 1.29 is 24.0 Å². The molecule has 2 N–H and O–H groups in total.